The molecule has 1 aromatic heterocycles. The minimum absolute atomic E-state index is 0.0180. The van der Waals surface area contributed by atoms with E-state index in [1.54, 1.807) is 12.1 Å². The largest absolute Gasteiger partial charge is 0.478 e. The highest BCUT2D eigenvalue weighted by molar-refractivity contribution is 14.1. The van der Waals surface area contributed by atoms with E-state index in [1.165, 1.54) is 0 Å². The quantitative estimate of drug-likeness (QED) is 0.589. The van der Waals surface area contributed by atoms with Crippen LogP contribution in [0.25, 0.3) is 10.2 Å². The number of nitrogens with one attached hydrogen (secondary N) is 1. The monoisotopic (exact) mass is 428 g/mol. The van der Waals surface area contributed by atoms with Crippen molar-refractivity contribution in [2.75, 3.05) is 5.32 Å². The van der Waals surface area contributed by atoms with Gasteiger partial charge in [0.05, 0.1) is 10.4 Å². The lowest BCUT2D eigenvalue weighted by Gasteiger charge is -2.12. The third-order valence-electron chi connectivity index (χ3n) is 3.21. The number of rotatable bonds is 3. The Balaban J connectivity index is 2.13. The molecule has 0 atom stereocenters. The van der Waals surface area contributed by atoms with Crippen molar-refractivity contribution in [2.24, 2.45) is 0 Å². The van der Waals surface area contributed by atoms with E-state index in [1.807, 2.05) is 25.1 Å². The predicted octanol–water partition coefficient (Wildman–Crippen LogP) is 4.79. The molecule has 0 saturated heterocycles. The van der Waals surface area contributed by atoms with Crippen LogP contribution in [0.2, 0.25) is 0 Å². The third kappa shape index (κ3) is 2.78. The second kappa shape index (κ2) is 5.81. The number of carboxylic acids is 1. The van der Waals surface area contributed by atoms with E-state index < -0.39 is 11.2 Å². The zero-order chi connectivity index (χ0) is 15.9. The van der Waals surface area contributed by atoms with Gasteiger partial charge in [0.15, 0.2) is 0 Å². The maximum absolute atomic E-state index is 13.3. The molecule has 0 radical (unpaired) electrons. The molecule has 0 bridgehead atoms. The van der Waals surface area contributed by atoms with Crippen molar-refractivity contribution in [3.05, 3.63) is 50.3 Å². The van der Waals surface area contributed by atoms with Crippen molar-refractivity contribution >= 4 is 61.5 Å². The van der Waals surface area contributed by atoms with E-state index in [9.17, 15) is 14.3 Å². The predicted molar refractivity (Wildman–Crippen MR) is 93.7 cm³/mol. The Morgan fingerprint density at radius 1 is 1.32 bits per heavy atom. The molecular formula is C15H10FIN2O2S. The maximum Gasteiger partial charge on any atom is 0.340 e. The van der Waals surface area contributed by atoms with E-state index in [-0.39, 0.29) is 11.1 Å². The molecule has 0 aliphatic carbocycles. The standard InChI is InChI=1S/C15H10FIN2O2S/c1-7-6-8(17)2-3-9(7)18-10-4-5-11-13(12(10)14(20)21)19-15(16)22-11/h2-6,18H,1H3,(H,20,21). The van der Waals surface area contributed by atoms with E-state index in [4.69, 9.17) is 0 Å². The van der Waals surface area contributed by atoms with E-state index in [0.29, 0.717) is 10.4 Å². The van der Waals surface area contributed by atoms with Gasteiger partial charge in [0.1, 0.15) is 11.1 Å². The van der Waals surface area contributed by atoms with Gasteiger partial charge in [0.2, 0.25) is 0 Å². The second-order valence-corrected chi connectivity index (χ2v) is 6.92. The van der Waals surface area contributed by atoms with Gasteiger partial charge in [-0.3, -0.25) is 0 Å². The Morgan fingerprint density at radius 3 is 2.73 bits per heavy atom. The summed E-state index contributed by atoms with van der Waals surface area (Å²) in [6, 6.07) is 9.12. The average Bonchev–Trinajstić information content (AvgIpc) is 2.81. The van der Waals surface area contributed by atoms with Crippen LogP contribution in [0.4, 0.5) is 15.8 Å². The van der Waals surface area contributed by atoms with E-state index in [0.717, 1.165) is 26.2 Å². The lowest BCUT2D eigenvalue weighted by molar-refractivity contribution is 0.0700. The Labute approximate surface area is 143 Å². The highest BCUT2D eigenvalue weighted by Crippen LogP contribution is 2.32. The summed E-state index contributed by atoms with van der Waals surface area (Å²) >= 11 is 3.05. The van der Waals surface area contributed by atoms with Gasteiger partial charge in [0, 0.05) is 9.26 Å². The summed E-state index contributed by atoms with van der Waals surface area (Å²) in [5.41, 5.74) is 2.35. The second-order valence-electron chi connectivity index (χ2n) is 4.69. The number of halogens is 2. The smallest absolute Gasteiger partial charge is 0.340 e. The van der Waals surface area contributed by atoms with E-state index >= 15 is 0 Å². The molecule has 2 N–H and O–H groups in total. The number of aromatic carboxylic acids is 1. The van der Waals surface area contributed by atoms with Crippen LogP contribution in [0, 0.1) is 15.8 Å². The summed E-state index contributed by atoms with van der Waals surface area (Å²) in [4.78, 5) is 15.3. The van der Waals surface area contributed by atoms with Crippen LogP contribution in [-0.2, 0) is 0 Å². The Hall–Kier alpha value is -1.74. The first-order valence-electron chi connectivity index (χ1n) is 6.31. The lowest BCUT2D eigenvalue weighted by atomic mass is 10.1. The van der Waals surface area contributed by atoms with Crippen molar-refractivity contribution < 1.29 is 14.3 Å². The zero-order valence-electron chi connectivity index (χ0n) is 11.4. The molecule has 3 rings (SSSR count). The van der Waals surface area contributed by atoms with Crippen molar-refractivity contribution in [1.29, 1.82) is 0 Å². The molecule has 0 aliphatic rings. The number of carboxylic acid groups (broad SMARTS) is 1. The van der Waals surface area contributed by atoms with Crippen LogP contribution in [0.15, 0.2) is 30.3 Å². The molecule has 0 unspecified atom stereocenters. The minimum atomic E-state index is -1.14. The Bertz CT molecular complexity index is 895. The fourth-order valence-electron chi connectivity index (χ4n) is 2.20. The summed E-state index contributed by atoms with van der Waals surface area (Å²) in [5, 5.41) is 11.9. The first-order chi connectivity index (χ1) is 10.5. The van der Waals surface area contributed by atoms with Gasteiger partial charge in [-0.1, -0.05) is 11.3 Å². The molecule has 112 valence electrons. The minimum Gasteiger partial charge on any atom is -0.478 e. The number of hydrogen-bond acceptors (Lipinski definition) is 4. The normalized spacial score (nSPS) is 10.9. The molecule has 0 saturated carbocycles. The molecule has 0 amide bonds. The summed E-state index contributed by atoms with van der Waals surface area (Å²) in [6.45, 7) is 1.94. The first-order valence-corrected chi connectivity index (χ1v) is 8.21. The number of hydrogen-bond donors (Lipinski definition) is 2. The molecule has 0 spiro atoms. The number of aromatic nitrogens is 1. The molecule has 4 nitrogen and oxygen atoms in total. The van der Waals surface area contributed by atoms with Crippen molar-refractivity contribution in [3.8, 4) is 0 Å². The first kappa shape index (κ1) is 15.2. The topological polar surface area (TPSA) is 62.2 Å². The van der Waals surface area contributed by atoms with Gasteiger partial charge in [0.25, 0.3) is 5.26 Å². The van der Waals surface area contributed by atoms with Gasteiger partial charge in [-0.2, -0.15) is 4.39 Å². The van der Waals surface area contributed by atoms with Crippen molar-refractivity contribution in [1.82, 2.24) is 4.98 Å². The summed E-state index contributed by atoms with van der Waals surface area (Å²) < 4.78 is 14.9. The Kier molecular flexibility index (Phi) is 4.00. The number of fused-ring (bicyclic) bond motifs is 1. The highest BCUT2D eigenvalue weighted by Gasteiger charge is 2.19. The third-order valence-corrected chi connectivity index (χ3v) is 4.69. The molecule has 1 heterocycles. The molecule has 2 aromatic carbocycles. The number of anilines is 2. The molecule has 7 heteroatoms. The van der Waals surface area contributed by atoms with Gasteiger partial charge >= 0.3 is 5.97 Å². The molecule has 0 fully saturated rings. The number of benzene rings is 2. The highest BCUT2D eigenvalue weighted by atomic mass is 127. The maximum atomic E-state index is 13.3. The Morgan fingerprint density at radius 2 is 2.05 bits per heavy atom. The van der Waals surface area contributed by atoms with Crippen LogP contribution in [0.1, 0.15) is 15.9 Å². The number of aryl methyl sites for hydroxylation is 1. The lowest BCUT2D eigenvalue weighted by Crippen LogP contribution is -2.04. The summed E-state index contributed by atoms with van der Waals surface area (Å²) in [5.74, 6) is -1.14. The van der Waals surface area contributed by atoms with Crippen molar-refractivity contribution in [3.63, 3.8) is 0 Å². The molecule has 0 aliphatic heterocycles. The van der Waals surface area contributed by atoms with Crippen LogP contribution in [0.5, 0.6) is 0 Å². The van der Waals surface area contributed by atoms with Gasteiger partial charge < -0.3 is 10.4 Å². The SMILES string of the molecule is Cc1cc(I)ccc1Nc1ccc2sc(F)nc2c1C(=O)O. The number of nitrogens with zero attached hydrogens (tertiary/aromatic N) is 1. The van der Waals surface area contributed by atoms with Crippen LogP contribution < -0.4 is 5.32 Å². The van der Waals surface area contributed by atoms with Gasteiger partial charge in [-0.15, -0.1) is 0 Å². The fraction of sp³-hybridized carbons (Fsp3) is 0.0667. The van der Waals surface area contributed by atoms with Gasteiger partial charge in [-0.05, 0) is 65.4 Å². The number of thiazole rings is 1. The molecular weight excluding hydrogens is 418 g/mol. The van der Waals surface area contributed by atoms with Gasteiger partial charge in [-0.25, -0.2) is 9.78 Å². The zero-order valence-corrected chi connectivity index (χ0v) is 14.3. The van der Waals surface area contributed by atoms with Crippen molar-refractivity contribution in [2.45, 2.75) is 6.92 Å². The fourth-order valence-corrected chi connectivity index (χ4v) is 3.55. The molecule has 3 aromatic rings. The van der Waals surface area contributed by atoms with Crippen LogP contribution in [-0.4, -0.2) is 16.1 Å². The number of carbonyl (C=O) groups is 1. The summed E-state index contributed by atoms with van der Waals surface area (Å²) in [6.07, 6.45) is 0. The molecule has 22 heavy (non-hydrogen) atoms. The van der Waals surface area contributed by atoms with E-state index in [2.05, 4.69) is 32.9 Å². The summed E-state index contributed by atoms with van der Waals surface area (Å²) in [7, 11) is 0. The average molecular weight is 428 g/mol. The van der Waals surface area contributed by atoms with Crippen LogP contribution >= 0.6 is 33.9 Å². The van der Waals surface area contributed by atoms with Crippen LogP contribution in [0.3, 0.4) is 0 Å².